The lowest BCUT2D eigenvalue weighted by Crippen LogP contribution is -2.22. The highest BCUT2D eigenvalue weighted by molar-refractivity contribution is 5.78. The van der Waals surface area contributed by atoms with Crippen molar-refractivity contribution in [1.29, 1.82) is 0 Å². The fourth-order valence-electron chi connectivity index (χ4n) is 0.749. The van der Waals surface area contributed by atoms with E-state index in [1.807, 2.05) is 0 Å². The van der Waals surface area contributed by atoms with E-state index < -0.39 is 0 Å². The summed E-state index contributed by atoms with van der Waals surface area (Å²) in [6.07, 6.45) is 1.49. The van der Waals surface area contributed by atoms with Crippen molar-refractivity contribution < 1.29 is 9.59 Å². The van der Waals surface area contributed by atoms with E-state index in [-0.39, 0.29) is 11.8 Å². The molecule has 0 fully saturated rings. The Hall–Kier alpha value is -1.06. The molecule has 0 radical (unpaired) electrons. The van der Waals surface area contributed by atoms with Crippen LogP contribution in [0.2, 0.25) is 0 Å². The third-order valence-corrected chi connectivity index (χ3v) is 1.57. The van der Waals surface area contributed by atoms with Crippen molar-refractivity contribution in [3.05, 3.63) is 0 Å². The molecular formula is C8H16N2O2. The summed E-state index contributed by atoms with van der Waals surface area (Å²) in [5.41, 5.74) is 0. The standard InChI is InChI=1S/C8H16N2O2/c1-9-7(11)5-4-6-8(12)10(2)3/h4-6H2,1-3H3,(H,9,11). The fraction of sp³-hybridized carbons (Fsp3) is 0.750. The molecule has 4 nitrogen and oxygen atoms in total. The molecule has 0 aromatic heterocycles. The molecule has 0 aliphatic carbocycles. The zero-order valence-electron chi connectivity index (χ0n) is 7.89. The first kappa shape index (κ1) is 10.9. The van der Waals surface area contributed by atoms with Crippen molar-refractivity contribution in [3.63, 3.8) is 0 Å². The molecule has 1 N–H and O–H groups in total. The Morgan fingerprint density at radius 2 is 1.83 bits per heavy atom. The van der Waals surface area contributed by atoms with E-state index in [0.29, 0.717) is 19.3 Å². The molecule has 0 saturated heterocycles. The van der Waals surface area contributed by atoms with Crippen molar-refractivity contribution in [2.75, 3.05) is 21.1 Å². The molecular weight excluding hydrogens is 156 g/mol. The summed E-state index contributed by atoms with van der Waals surface area (Å²) in [4.78, 5) is 23.3. The molecule has 0 rings (SSSR count). The van der Waals surface area contributed by atoms with E-state index >= 15 is 0 Å². The van der Waals surface area contributed by atoms with Crippen LogP contribution in [-0.2, 0) is 9.59 Å². The molecule has 0 saturated carbocycles. The average Bonchev–Trinajstić information content (AvgIpc) is 2.03. The molecule has 0 atom stereocenters. The van der Waals surface area contributed by atoms with E-state index in [4.69, 9.17) is 0 Å². The minimum absolute atomic E-state index is 0.0124. The van der Waals surface area contributed by atoms with Gasteiger partial charge in [-0.25, -0.2) is 0 Å². The summed E-state index contributed by atoms with van der Waals surface area (Å²) >= 11 is 0. The van der Waals surface area contributed by atoms with Crippen LogP contribution in [0.25, 0.3) is 0 Å². The lowest BCUT2D eigenvalue weighted by atomic mass is 10.2. The minimum atomic E-state index is -0.0124. The monoisotopic (exact) mass is 172 g/mol. The highest BCUT2D eigenvalue weighted by Crippen LogP contribution is 1.97. The first-order valence-corrected chi connectivity index (χ1v) is 3.98. The molecule has 12 heavy (non-hydrogen) atoms. The van der Waals surface area contributed by atoms with Gasteiger partial charge in [0.05, 0.1) is 0 Å². The Kier molecular flexibility index (Phi) is 5.08. The van der Waals surface area contributed by atoms with Crippen molar-refractivity contribution in [2.24, 2.45) is 0 Å². The highest BCUT2D eigenvalue weighted by atomic mass is 16.2. The second kappa shape index (κ2) is 5.57. The number of nitrogens with zero attached hydrogens (tertiary/aromatic N) is 1. The zero-order valence-corrected chi connectivity index (χ0v) is 7.89. The second-order valence-corrected chi connectivity index (χ2v) is 2.81. The number of hydrogen-bond donors (Lipinski definition) is 1. The number of rotatable bonds is 4. The van der Waals surface area contributed by atoms with Crippen LogP contribution in [0.4, 0.5) is 0 Å². The summed E-state index contributed by atoms with van der Waals surface area (Å²) < 4.78 is 0. The normalized spacial score (nSPS) is 9.25. The molecule has 0 aliphatic rings. The van der Waals surface area contributed by atoms with Gasteiger partial charge >= 0.3 is 0 Å². The van der Waals surface area contributed by atoms with Crippen LogP contribution in [0, 0.1) is 0 Å². The average molecular weight is 172 g/mol. The van der Waals surface area contributed by atoms with Crippen LogP contribution in [0.15, 0.2) is 0 Å². The first-order chi connectivity index (χ1) is 5.57. The number of amides is 2. The van der Waals surface area contributed by atoms with Gasteiger partial charge in [0.15, 0.2) is 0 Å². The van der Waals surface area contributed by atoms with Gasteiger partial charge in [-0.2, -0.15) is 0 Å². The van der Waals surface area contributed by atoms with Crippen LogP contribution in [0.1, 0.15) is 19.3 Å². The summed E-state index contributed by atoms with van der Waals surface area (Å²) in [6.45, 7) is 0. The van der Waals surface area contributed by atoms with Gasteiger partial charge < -0.3 is 10.2 Å². The smallest absolute Gasteiger partial charge is 0.222 e. The third-order valence-electron chi connectivity index (χ3n) is 1.57. The van der Waals surface area contributed by atoms with Crippen molar-refractivity contribution in [2.45, 2.75) is 19.3 Å². The van der Waals surface area contributed by atoms with Crippen LogP contribution >= 0.6 is 0 Å². The maximum Gasteiger partial charge on any atom is 0.222 e. The van der Waals surface area contributed by atoms with Gasteiger partial charge in [-0.15, -0.1) is 0 Å². The predicted octanol–water partition coefficient (Wildman–Crippen LogP) is -0.00910. The lowest BCUT2D eigenvalue weighted by molar-refractivity contribution is -0.128. The Balaban J connectivity index is 3.44. The summed E-state index contributed by atoms with van der Waals surface area (Å²) in [6, 6.07) is 0. The molecule has 0 bridgehead atoms. The number of nitrogens with one attached hydrogen (secondary N) is 1. The van der Waals surface area contributed by atoms with E-state index in [9.17, 15) is 9.59 Å². The van der Waals surface area contributed by atoms with Crippen LogP contribution < -0.4 is 5.32 Å². The molecule has 0 unspecified atom stereocenters. The van der Waals surface area contributed by atoms with Gasteiger partial charge in [0.2, 0.25) is 11.8 Å². The summed E-state index contributed by atoms with van der Waals surface area (Å²) in [5.74, 6) is 0.0560. The lowest BCUT2D eigenvalue weighted by Gasteiger charge is -2.08. The molecule has 0 aliphatic heterocycles. The van der Waals surface area contributed by atoms with E-state index in [2.05, 4.69) is 5.32 Å². The van der Waals surface area contributed by atoms with Crippen molar-refractivity contribution in [1.82, 2.24) is 10.2 Å². The van der Waals surface area contributed by atoms with Crippen molar-refractivity contribution >= 4 is 11.8 Å². The molecule has 70 valence electrons. The number of hydrogen-bond acceptors (Lipinski definition) is 2. The van der Waals surface area contributed by atoms with E-state index in [0.717, 1.165) is 0 Å². The largest absolute Gasteiger partial charge is 0.359 e. The molecule has 0 spiro atoms. The Labute approximate surface area is 72.9 Å². The third kappa shape index (κ3) is 4.71. The molecule has 0 aromatic rings. The summed E-state index contributed by atoms with van der Waals surface area (Å²) in [5, 5.41) is 2.50. The number of carbonyl (C=O) groups excluding carboxylic acids is 2. The quantitative estimate of drug-likeness (QED) is 0.648. The Morgan fingerprint density at radius 1 is 1.25 bits per heavy atom. The van der Waals surface area contributed by atoms with Gasteiger partial charge in [-0.1, -0.05) is 0 Å². The van der Waals surface area contributed by atoms with E-state index in [1.54, 1.807) is 21.1 Å². The SMILES string of the molecule is CNC(=O)CCCC(=O)N(C)C. The van der Waals surface area contributed by atoms with Gasteiger partial charge in [-0.3, -0.25) is 9.59 Å². The highest BCUT2D eigenvalue weighted by Gasteiger charge is 2.04. The fourth-order valence-corrected chi connectivity index (χ4v) is 0.749. The molecule has 0 aromatic carbocycles. The Bertz CT molecular complexity index is 166. The molecule has 4 heteroatoms. The second-order valence-electron chi connectivity index (χ2n) is 2.81. The van der Waals surface area contributed by atoms with Crippen LogP contribution in [0.3, 0.4) is 0 Å². The first-order valence-electron chi connectivity index (χ1n) is 3.98. The van der Waals surface area contributed by atoms with Gasteiger partial charge in [0.25, 0.3) is 0 Å². The van der Waals surface area contributed by atoms with Gasteiger partial charge in [0, 0.05) is 34.0 Å². The molecule has 0 heterocycles. The number of carbonyl (C=O) groups is 2. The minimum Gasteiger partial charge on any atom is -0.359 e. The zero-order chi connectivity index (χ0) is 9.56. The van der Waals surface area contributed by atoms with Crippen molar-refractivity contribution in [3.8, 4) is 0 Å². The summed E-state index contributed by atoms with van der Waals surface area (Å²) in [7, 11) is 5.01. The van der Waals surface area contributed by atoms with Crippen LogP contribution in [0.5, 0.6) is 0 Å². The van der Waals surface area contributed by atoms with Gasteiger partial charge in [0.1, 0.15) is 0 Å². The topological polar surface area (TPSA) is 49.4 Å². The maximum absolute atomic E-state index is 11.0. The van der Waals surface area contributed by atoms with Gasteiger partial charge in [-0.05, 0) is 6.42 Å². The van der Waals surface area contributed by atoms with E-state index in [1.165, 1.54) is 4.90 Å². The maximum atomic E-state index is 11.0. The predicted molar refractivity (Wildman–Crippen MR) is 46.6 cm³/mol. The molecule has 2 amide bonds. The Morgan fingerprint density at radius 3 is 2.25 bits per heavy atom. The van der Waals surface area contributed by atoms with Crippen LogP contribution in [-0.4, -0.2) is 37.9 Å².